The Morgan fingerprint density at radius 3 is 2.74 bits per heavy atom. The number of sulfonamides is 1. The van der Waals surface area contributed by atoms with Gasteiger partial charge in [-0.15, -0.1) is 0 Å². The van der Waals surface area contributed by atoms with Gasteiger partial charge in [0.25, 0.3) is 0 Å². The van der Waals surface area contributed by atoms with Crippen molar-refractivity contribution in [3.8, 4) is 0 Å². The third kappa shape index (κ3) is 3.45. The lowest BCUT2D eigenvalue weighted by molar-refractivity contribution is 0.498. The highest BCUT2D eigenvalue weighted by atomic mass is 32.2. The lowest BCUT2D eigenvalue weighted by Gasteiger charge is -2.13. The smallest absolute Gasteiger partial charge is 0.242 e. The van der Waals surface area contributed by atoms with Gasteiger partial charge in [-0.2, -0.15) is 0 Å². The van der Waals surface area contributed by atoms with Crippen molar-refractivity contribution in [2.24, 2.45) is 11.8 Å². The van der Waals surface area contributed by atoms with E-state index in [2.05, 4.69) is 11.6 Å². The van der Waals surface area contributed by atoms with Crippen molar-refractivity contribution in [1.29, 1.82) is 0 Å². The Labute approximate surface area is 113 Å². The van der Waals surface area contributed by atoms with E-state index in [-0.39, 0.29) is 10.6 Å². The summed E-state index contributed by atoms with van der Waals surface area (Å²) in [5.41, 5.74) is 5.49. The van der Waals surface area contributed by atoms with Gasteiger partial charge in [-0.25, -0.2) is 17.5 Å². The Balaban J connectivity index is 2.06. The van der Waals surface area contributed by atoms with Crippen LogP contribution in [0.4, 0.5) is 10.1 Å². The summed E-state index contributed by atoms with van der Waals surface area (Å²) in [6, 6.07) is 3.32. The molecule has 1 fully saturated rings. The zero-order valence-electron chi connectivity index (χ0n) is 10.9. The summed E-state index contributed by atoms with van der Waals surface area (Å²) < 4.78 is 39.7. The molecule has 1 aliphatic rings. The van der Waals surface area contributed by atoms with Crippen LogP contribution in [0.3, 0.4) is 0 Å². The lowest BCUT2D eigenvalue weighted by atomic mass is 10.1. The van der Waals surface area contributed by atoms with Crippen molar-refractivity contribution >= 4 is 15.7 Å². The van der Waals surface area contributed by atoms with E-state index in [1.165, 1.54) is 6.07 Å². The Kier molecular flexibility index (Phi) is 4.10. The fourth-order valence-corrected chi connectivity index (χ4v) is 3.81. The molecule has 0 aliphatic heterocycles. The van der Waals surface area contributed by atoms with Crippen molar-refractivity contribution in [1.82, 2.24) is 4.72 Å². The predicted octanol–water partition coefficient (Wildman–Crippen LogP) is 2.12. The van der Waals surface area contributed by atoms with Crippen molar-refractivity contribution < 1.29 is 12.8 Å². The Bertz CT molecular complexity index is 560. The number of halogens is 1. The third-order valence-corrected chi connectivity index (χ3v) is 5.12. The molecule has 4 nitrogen and oxygen atoms in total. The van der Waals surface area contributed by atoms with E-state index in [4.69, 9.17) is 5.73 Å². The summed E-state index contributed by atoms with van der Waals surface area (Å²) in [7, 11) is -3.65. The zero-order valence-corrected chi connectivity index (χ0v) is 11.7. The van der Waals surface area contributed by atoms with Crippen molar-refractivity contribution in [2.75, 3.05) is 12.3 Å². The summed E-state index contributed by atoms with van der Waals surface area (Å²) in [4.78, 5) is -0.0556. The molecule has 0 bridgehead atoms. The molecule has 2 rings (SSSR count). The van der Waals surface area contributed by atoms with E-state index < -0.39 is 15.8 Å². The maximum Gasteiger partial charge on any atom is 0.242 e. The second-order valence-corrected chi connectivity index (χ2v) is 7.05. The van der Waals surface area contributed by atoms with E-state index >= 15 is 0 Å². The molecule has 2 unspecified atom stereocenters. The van der Waals surface area contributed by atoms with Crippen LogP contribution >= 0.6 is 0 Å². The first-order chi connectivity index (χ1) is 8.88. The van der Waals surface area contributed by atoms with Crippen LogP contribution in [-0.2, 0) is 10.0 Å². The van der Waals surface area contributed by atoms with Crippen LogP contribution in [0.25, 0.3) is 0 Å². The van der Waals surface area contributed by atoms with Crippen molar-refractivity contribution in [3.63, 3.8) is 0 Å². The largest absolute Gasteiger partial charge is 0.398 e. The maximum atomic E-state index is 12.9. The highest BCUT2D eigenvalue weighted by Crippen LogP contribution is 2.30. The number of rotatable bonds is 4. The van der Waals surface area contributed by atoms with Gasteiger partial charge in [-0.1, -0.05) is 13.3 Å². The van der Waals surface area contributed by atoms with E-state index in [0.29, 0.717) is 18.4 Å². The minimum Gasteiger partial charge on any atom is -0.398 e. The molecule has 0 spiro atoms. The SMILES string of the molecule is CC1CCC(CNS(=O)(=O)c2ccc(F)cc2N)C1. The van der Waals surface area contributed by atoms with Crippen LogP contribution < -0.4 is 10.5 Å². The predicted molar refractivity (Wildman–Crippen MR) is 72.5 cm³/mol. The Morgan fingerprint density at radius 2 is 2.16 bits per heavy atom. The van der Waals surface area contributed by atoms with Crippen LogP contribution in [0.1, 0.15) is 26.2 Å². The lowest BCUT2D eigenvalue weighted by Crippen LogP contribution is -2.29. The van der Waals surface area contributed by atoms with Crippen LogP contribution in [0.5, 0.6) is 0 Å². The monoisotopic (exact) mass is 286 g/mol. The molecule has 3 N–H and O–H groups in total. The highest BCUT2D eigenvalue weighted by Gasteiger charge is 2.24. The van der Waals surface area contributed by atoms with Crippen LogP contribution in [0, 0.1) is 17.7 Å². The fraction of sp³-hybridized carbons (Fsp3) is 0.538. The van der Waals surface area contributed by atoms with Gasteiger partial charge >= 0.3 is 0 Å². The average molecular weight is 286 g/mol. The van der Waals surface area contributed by atoms with Crippen molar-refractivity contribution in [2.45, 2.75) is 31.1 Å². The Morgan fingerprint density at radius 1 is 1.42 bits per heavy atom. The fourth-order valence-electron chi connectivity index (χ4n) is 2.58. The van der Waals surface area contributed by atoms with E-state index in [1.807, 2.05) is 0 Å². The first-order valence-corrected chi connectivity index (χ1v) is 7.91. The molecule has 1 saturated carbocycles. The molecule has 106 valence electrons. The molecule has 0 saturated heterocycles. The molecule has 0 amide bonds. The number of nitrogen functional groups attached to an aromatic ring is 1. The summed E-state index contributed by atoms with van der Waals surface area (Å²) in [6.07, 6.45) is 3.23. The summed E-state index contributed by atoms with van der Waals surface area (Å²) in [6.45, 7) is 2.59. The van der Waals surface area contributed by atoms with Gasteiger partial charge in [0, 0.05) is 6.54 Å². The van der Waals surface area contributed by atoms with Crippen LogP contribution in [0.2, 0.25) is 0 Å². The summed E-state index contributed by atoms with van der Waals surface area (Å²) in [5, 5.41) is 0. The topological polar surface area (TPSA) is 72.2 Å². The number of anilines is 1. The summed E-state index contributed by atoms with van der Waals surface area (Å²) in [5.74, 6) is 0.498. The molecule has 0 heterocycles. The molecular weight excluding hydrogens is 267 g/mol. The third-order valence-electron chi connectivity index (χ3n) is 3.63. The molecule has 1 aromatic carbocycles. The number of benzene rings is 1. The standard InChI is InChI=1S/C13H19FN2O2S/c1-9-2-3-10(6-9)8-16-19(17,18)13-5-4-11(14)7-12(13)15/h4-5,7,9-10,16H,2-3,6,8,15H2,1H3. The van der Waals surface area contributed by atoms with E-state index in [1.54, 1.807) is 0 Å². The molecular formula is C13H19FN2O2S. The van der Waals surface area contributed by atoms with Gasteiger partial charge in [0.15, 0.2) is 0 Å². The normalized spacial score (nSPS) is 23.7. The van der Waals surface area contributed by atoms with Gasteiger partial charge in [-0.05, 0) is 42.9 Å². The first-order valence-electron chi connectivity index (χ1n) is 6.43. The van der Waals surface area contributed by atoms with E-state index in [0.717, 1.165) is 31.4 Å². The van der Waals surface area contributed by atoms with Gasteiger partial charge < -0.3 is 5.73 Å². The number of hydrogen-bond donors (Lipinski definition) is 2. The molecule has 6 heteroatoms. The number of hydrogen-bond acceptors (Lipinski definition) is 3. The highest BCUT2D eigenvalue weighted by molar-refractivity contribution is 7.89. The number of nitrogens with one attached hydrogen (secondary N) is 1. The molecule has 1 aliphatic carbocycles. The van der Waals surface area contributed by atoms with Gasteiger partial charge in [0.1, 0.15) is 10.7 Å². The van der Waals surface area contributed by atoms with Crippen LogP contribution in [-0.4, -0.2) is 15.0 Å². The minimum atomic E-state index is -3.65. The average Bonchev–Trinajstić information content (AvgIpc) is 2.72. The zero-order chi connectivity index (χ0) is 14.0. The maximum absolute atomic E-state index is 12.9. The van der Waals surface area contributed by atoms with Gasteiger partial charge in [0.05, 0.1) is 5.69 Å². The second kappa shape index (κ2) is 5.46. The van der Waals surface area contributed by atoms with Gasteiger partial charge in [0.2, 0.25) is 10.0 Å². The Hall–Kier alpha value is -1.14. The molecule has 2 atom stereocenters. The van der Waals surface area contributed by atoms with E-state index in [9.17, 15) is 12.8 Å². The van der Waals surface area contributed by atoms with Crippen LogP contribution in [0.15, 0.2) is 23.1 Å². The van der Waals surface area contributed by atoms with Gasteiger partial charge in [-0.3, -0.25) is 0 Å². The molecule has 19 heavy (non-hydrogen) atoms. The molecule has 0 aromatic heterocycles. The first kappa shape index (κ1) is 14.3. The second-order valence-electron chi connectivity index (χ2n) is 5.32. The molecule has 0 radical (unpaired) electrons. The summed E-state index contributed by atoms with van der Waals surface area (Å²) >= 11 is 0. The molecule has 1 aromatic rings. The minimum absolute atomic E-state index is 0.0556. The quantitative estimate of drug-likeness (QED) is 0.833. The van der Waals surface area contributed by atoms with Crippen molar-refractivity contribution in [3.05, 3.63) is 24.0 Å². The number of nitrogens with two attached hydrogens (primary N) is 1.